The highest BCUT2D eigenvalue weighted by molar-refractivity contribution is 5.75. The first-order valence-corrected chi connectivity index (χ1v) is 8.60. The summed E-state index contributed by atoms with van der Waals surface area (Å²) in [6.45, 7) is 5.12. The topological polar surface area (TPSA) is 56.6 Å². The number of aromatic nitrogens is 2. The summed E-state index contributed by atoms with van der Waals surface area (Å²) in [7, 11) is 0. The van der Waals surface area contributed by atoms with Crippen molar-refractivity contribution in [1.82, 2.24) is 9.55 Å². The minimum Gasteiger partial charge on any atom is -0.461 e. The van der Waals surface area contributed by atoms with Crippen LogP contribution in [0.25, 0.3) is 0 Å². The molecule has 0 unspecified atom stereocenters. The fourth-order valence-corrected chi connectivity index (χ4v) is 5.20. The van der Waals surface area contributed by atoms with E-state index in [1.807, 2.05) is 10.8 Å². The number of fused-ring (bicyclic) bond motifs is 5. The molecule has 2 saturated heterocycles. The van der Waals surface area contributed by atoms with Crippen molar-refractivity contribution >= 4 is 5.97 Å². The molecule has 1 aromatic heterocycles. The van der Waals surface area contributed by atoms with Crippen LogP contribution in [0.1, 0.15) is 33.1 Å². The number of carbonyl (C=O) groups is 1. The molecule has 122 valence electrons. The Labute approximate surface area is 135 Å². The quantitative estimate of drug-likeness (QED) is 0.477. The maximum absolute atomic E-state index is 12.6. The maximum atomic E-state index is 12.6. The van der Waals surface area contributed by atoms with Gasteiger partial charge in [0.05, 0.1) is 18.3 Å². The average molecular weight is 314 g/mol. The van der Waals surface area contributed by atoms with Crippen molar-refractivity contribution < 1.29 is 14.3 Å². The molecule has 5 heteroatoms. The second kappa shape index (κ2) is 4.47. The Morgan fingerprint density at radius 3 is 3.13 bits per heavy atom. The largest absolute Gasteiger partial charge is 0.461 e. The zero-order valence-electron chi connectivity index (χ0n) is 13.6. The van der Waals surface area contributed by atoms with Gasteiger partial charge in [-0.25, -0.2) is 4.98 Å². The van der Waals surface area contributed by atoms with E-state index >= 15 is 0 Å². The van der Waals surface area contributed by atoms with E-state index in [-0.39, 0.29) is 35.4 Å². The first kappa shape index (κ1) is 13.8. The summed E-state index contributed by atoms with van der Waals surface area (Å²) >= 11 is 0. The third-order valence-electron chi connectivity index (χ3n) is 6.57. The van der Waals surface area contributed by atoms with Crippen LogP contribution < -0.4 is 0 Å². The van der Waals surface area contributed by atoms with E-state index in [4.69, 9.17) is 9.47 Å². The van der Waals surface area contributed by atoms with Gasteiger partial charge in [-0.05, 0) is 33.1 Å². The number of epoxide rings is 1. The number of imidazole rings is 1. The van der Waals surface area contributed by atoms with Crippen molar-refractivity contribution in [3.05, 3.63) is 29.9 Å². The van der Waals surface area contributed by atoms with E-state index in [0.717, 1.165) is 19.3 Å². The van der Waals surface area contributed by atoms with E-state index in [1.54, 1.807) is 12.5 Å². The molecule has 1 saturated carbocycles. The number of nitrogens with zero attached hydrogens (tertiary/aromatic N) is 2. The average Bonchev–Trinajstić information content (AvgIpc) is 2.86. The van der Waals surface area contributed by atoms with Crippen molar-refractivity contribution in [3.63, 3.8) is 0 Å². The Kier molecular flexibility index (Phi) is 2.68. The van der Waals surface area contributed by atoms with Gasteiger partial charge in [0.2, 0.25) is 0 Å². The fraction of sp³-hybridized carbons (Fsp3) is 0.667. The minimum atomic E-state index is -0.103. The van der Waals surface area contributed by atoms with Crippen molar-refractivity contribution in [2.24, 2.45) is 17.8 Å². The highest BCUT2D eigenvalue weighted by Crippen LogP contribution is 2.62. The Morgan fingerprint density at radius 1 is 1.48 bits per heavy atom. The van der Waals surface area contributed by atoms with Crippen LogP contribution in [0.2, 0.25) is 0 Å². The summed E-state index contributed by atoms with van der Waals surface area (Å²) in [5.41, 5.74) is 2.90. The number of esters is 1. The molecule has 0 amide bonds. The smallest absolute Gasteiger partial charge is 0.311 e. The van der Waals surface area contributed by atoms with Gasteiger partial charge in [-0.2, -0.15) is 0 Å². The summed E-state index contributed by atoms with van der Waals surface area (Å²) < 4.78 is 13.9. The lowest BCUT2D eigenvalue weighted by molar-refractivity contribution is -0.146. The molecule has 4 aliphatic rings. The van der Waals surface area contributed by atoms with Gasteiger partial charge in [-0.1, -0.05) is 11.1 Å². The molecule has 1 aromatic rings. The SMILES string of the molecule is CC1=C2C[C@H]3O[C@@]3(C)[C@@H]2[C@H]2OC(=O)[C@@H](Cn3ccnc3)[C@@H]2CC1. The molecule has 5 nitrogen and oxygen atoms in total. The van der Waals surface area contributed by atoms with Gasteiger partial charge in [0, 0.05) is 30.8 Å². The molecule has 6 atom stereocenters. The zero-order valence-corrected chi connectivity index (χ0v) is 13.6. The molecule has 3 heterocycles. The Bertz CT molecular complexity index is 695. The predicted molar refractivity (Wildman–Crippen MR) is 82.4 cm³/mol. The van der Waals surface area contributed by atoms with Gasteiger partial charge in [-0.15, -0.1) is 0 Å². The maximum Gasteiger partial charge on any atom is 0.311 e. The van der Waals surface area contributed by atoms with Gasteiger partial charge < -0.3 is 14.0 Å². The predicted octanol–water partition coefficient (Wildman–Crippen LogP) is 2.33. The summed E-state index contributed by atoms with van der Waals surface area (Å²) in [4.78, 5) is 16.7. The molecule has 5 rings (SSSR count). The van der Waals surface area contributed by atoms with E-state index in [1.165, 1.54) is 11.1 Å². The summed E-state index contributed by atoms with van der Waals surface area (Å²) in [5.74, 6) is 0.432. The van der Waals surface area contributed by atoms with E-state index in [0.29, 0.717) is 12.6 Å². The third kappa shape index (κ3) is 1.83. The van der Waals surface area contributed by atoms with Crippen LogP contribution in [0.4, 0.5) is 0 Å². The second-order valence-corrected chi connectivity index (χ2v) is 7.75. The molecule has 2 aliphatic heterocycles. The molecule has 23 heavy (non-hydrogen) atoms. The van der Waals surface area contributed by atoms with E-state index < -0.39 is 0 Å². The Morgan fingerprint density at radius 2 is 2.35 bits per heavy atom. The normalized spacial score (nSPS) is 44.4. The molecular formula is C18H22N2O3. The van der Waals surface area contributed by atoms with Crippen LogP contribution in [0.5, 0.6) is 0 Å². The molecule has 0 aromatic carbocycles. The van der Waals surface area contributed by atoms with Crippen molar-refractivity contribution in [2.45, 2.75) is 57.5 Å². The molecule has 0 N–H and O–H groups in total. The minimum absolute atomic E-state index is 0.0130. The van der Waals surface area contributed by atoms with Gasteiger partial charge in [-0.3, -0.25) is 4.79 Å². The molecule has 0 bridgehead atoms. The van der Waals surface area contributed by atoms with E-state index in [9.17, 15) is 4.79 Å². The van der Waals surface area contributed by atoms with Gasteiger partial charge in [0.15, 0.2) is 0 Å². The number of allylic oxidation sites excluding steroid dienone is 1. The van der Waals surface area contributed by atoms with Crippen LogP contribution in [0, 0.1) is 17.8 Å². The van der Waals surface area contributed by atoms with Crippen LogP contribution in [0.15, 0.2) is 29.9 Å². The summed E-state index contributed by atoms with van der Waals surface area (Å²) in [6, 6.07) is 0. The Balaban J connectivity index is 1.49. The van der Waals surface area contributed by atoms with Gasteiger partial charge in [0.25, 0.3) is 0 Å². The van der Waals surface area contributed by atoms with Crippen molar-refractivity contribution in [3.8, 4) is 0 Å². The standard InChI is InChI=1S/C18H22N2O3/c1-10-3-4-11-13(8-20-6-5-19-9-20)17(21)22-16(11)15-12(10)7-14-18(15,2)23-14/h5-6,9,11,13-16H,3-4,7-8H2,1-2H3/t11-,13-,14+,15-,16-,18+/m0/s1. The summed E-state index contributed by atoms with van der Waals surface area (Å²) in [5, 5.41) is 0. The monoisotopic (exact) mass is 314 g/mol. The molecule has 0 spiro atoms. The van der Waals surface area contributed by atoms with Crippen molar-refractivity contribution in [1.29, 1.82) is 0 Å². The number of rotatable bonds is 2. The molecular weight excluding hydrogens is 292 g/mol. The summed E-state index contributed by atoms with van der Waals surface area (Å²) in [6.07, 6.45) is 8.92. The lowest BCUT2D eigenvalue weighted by atomic mass is 9.78. The van der Waals surface area contributed by atoms with Gasteiger partial charge >= 0.3 is 5.97 Å². The lowest BCUT2D eigenvalue weighted by Crippen LogP contribution is -2.36. The molecule has 0 radical (unpaired) electrons. The fourth-order valence-electron chi connectivity index (χ4n) is 5.20. The van der Waals surface area contributed by atoms with Crippen molar-refractivity contribution in [2.75, 3.05) is 0 Å². The molecule has 3 fully saturated rings. The number of hydrogen-bond acceptors (Lipinski definition) is 4. The highest BCUT2D eigenvalue weighted by Gasteiger charge is 2.69. The van der Waals surface area contributed by atoms with Crippen LogP contribution in [-0.2, 0) is 20.8 Å². The van der Waals surface area contributed by atoms with Crippen LogP contribution >= 0.6 is 0 Å². The zero-order chi connectivity index (χ0) is 15.8. The first-order valence-electron chi connectivity index (χ1n) is 8.60. The Hall–Kier alpha value is -1.62. The van der Waals surface area contributed by atoms with Crippen LogP contribution in [-0.4, -0.2) is 33.3 Å². The van der Waals surface area contributed by atoms with Gasteiger partial charge in [0.1, 0.15) is 11.7 Å². The molecule has 2 aliphatic carbocycles. The highest BCUT2D eigenvalue weighted by atomic mass is 16.6. The second-order valence-electron chi connectivity index (χ2n) is 7.75. The van der Waals surface area contributed by atoms with E-state index in [2.05, 4.69) is 18.8 Å². The third-order valence-corrected chi connectivity index (χ3v) is 6.57. The first-order chi connectivity index (χ1) is 11.1. The lowest BCUT2D eigenvalue weighted by Gasteiger charge is -2.28. The number of hydrogen-bond donors (Lipinski definition) is 0. The number of carbonyl (C=O) groups excluding carboxylic acids is 1. The van der Waals surface area contributed by atoms with Crippen LogP contribution in [0.3, 0.4) is 0 Å². The number of ether oxygens (including phenoxy) is 2.